The molecule has 0 amide bonds. The molecule has 90 valence electrons. The van der Waals surface area contributed by atoms with Crippen molar-refractivity contribution in [2.24, 2.45) is 0 Å². The minimum atomic E-state index is -0.407. The first kappa shape index (κ1) is 11.5. The van der Waals surface area contributed by atoms with Crippen molar-refractivity contribution in [3.05, 3.63) is 39.7 Å². The van der Waals surface area contributed by atoms with Crippen molar-refractivity contribution in [2.75, 3.05) is 0 Å². The molecular formula is C10H4ClN3O2S2. The van der Waals surface area contributed by atoms with Gasteiger partial charge in [0, 0.05) is 12.3 Å². The van der Waals surface area contributed by atoms with Crippen LogP contribution in [0, 0.1) is 10.1 Å². The van der Waals surface area contributed by atoms with Crippen LogP contribution in [0.15, 0.2) is 24.4 Å². The lowest BCUT2D eigenvalue weighted by molar-refractivity contribution is -0.380. The summed E-state index contributed by atoms with van der Waals surface area (Å²) >= 11 is 8.48. The summed E-state index contributed by atoms with van der Waals surface area (Å²) in [4.78, 5) is 19.3. The highest BCUT2D eigenvalue weighted by molar-refractivity contribution is 7.26. The van der Waals surface area contributed by atoms with Crippen molar-refractivity contribution in [3.63, 3.8) is 0 Å². The molecule has 0 spiro atoms. The Hall–Kier alpha value is -1.57. The summed E-state index contributed by atoms with van der Waals surface area (Å²) in [5.41, 5.74) is 0.634. The van der Waals surface area contributed by atoms with Crippen molar-refractivity contribution in [2.45, 2.75) is 0 Å². The van der Waals surface area contributed by atoms with E-state index in [1.807, 2.05) is 6.07 Å². The minimum absolute atomic E-state index is 0.105. The van der Waals surface area contributed by atoms with Gasteiger partial charge in [0.1, 0.15) is 10.5 Å². The summed E-state index contributed by atoms with van der Waals surface area (Å²) in [5, 5.41) is 11.8. The predicted octanol–water partition coefficient (Wildman–Crippen LogP) is 3.98. The van der Waals surface area contributed by atoms with Gasteiger partial charge in [0.15, 0.2) is 5.15 Å². The summed E-state index contributed by atoms with van der Waals surface area (Å²) in [6.07, 6.45) is 1.61. The second kappa shape index (κ2) is 4.27. The second-order valence-electron chi connectivity index (χ2n) is 3.36. The molecule has 0 N–H and O–H groups in total. The van der Waals surface area contributed by atoms with Gasteiger partial charge in [-0.15, -0.1) is 11.3 Å². The van der Waals surface area contributed by atoms with Gasteiger partial charge in [-0.05, 0) is 12.1 Å². The van der Waals surface area contributed by atoms with Crippen molar-refractivity contribution in [1.29, 1.82) is 0 Å². The topological polar surface area (TPSA) is 68.9 Å². The molecule has 0 bridgehead atoms. The number of hydrogen-bond acceptors (Lipinski definition) is 6. The van der Waals surface area contributed by atoms with Gasteiger partial charge in [0.25, 0.3) is 0 Å². The fourth-order valence-electron chi connectivity index (χ4n) is 1.47. The maximum atomic E-state index is 10.6. The number of nitrogens with zero attached hydrogens (tertiary/aromatic N) is 3. The first-order valence-corrected chi connectivity index (χ1v) is 6.82. The maximum absolute atomic E-state index is 10.6. The Balaban J connectivity index is 2.13. The molecule has 0 saturated heterocycles. The van der Waals surface area contributed by atoms with E-state index in [4.69, 9.17) is 11.6 Å². The maximum Gasteiger partial charge on any atom is 0.324 e. The standard InChI is InChI=1S/C10H4ClN3O2S2/c11-9-8-5(3-4-12-9)18-10(13-8)6-1-2-7(17-6)14(15)16/h1-4H. The molecule has 8 heteroatoms. The number of pyridine rings is 1. The number of thiazole rings is 1. The number of aromatic nitrogens is 2. The van der Waals surface area contributed by atoms with E-state index < -0.39 is 4.92 Å². The molecule has 3 rings (SSSR count). The normalized spacial score (nSPS) is 10.9. The van der Waals surface area contributed by atoms with Gasteiger partial charge in [-0.1, -0.05) is 22.9 Å². The van der Waals surface area contributed by atoms with Gasteiger partial charge in [-0.2, -0.15) is 0 Å². The van der Waals surface area contributed by atoms with Crippen LogP contribution in [0.4, 0.5) is 5.00 Å². The molecule has 0 aromatic carbocycles. The van der Waals surface area contributed by atoms with Crippen molar-refractivity contribution in [1.82, 2.24) is 9.97 Å². The molecule has 5 nitrogen and oxygen atoms in total. The third-order valence-corrected chi connectivity index (χ3v) is 4.75. The van der Waals surface area contributed by atoms with E-state index in [1.54, 1.807) is 12.3 Å². The summed E-state index contributed by atoms with van der Waals surface area (Å²) in [6.45, 7) is 0. The zero-order valence-corrected chi connectivity index (χ0v) is 11.1. The summed E-state index contributed by atoms with van der Waals surface area (Å²) < 4.78 is 0.918. The van der Waals surface area contributed by atoms with E-state index in [1.165, 1.54) is 17.4 Å². The van der Waals surface area contributed by atoms with E-state index in [0.717, 1.165) is 25.9 Å². The lowest BCUT2D eigenvalue weighted by Gasteiger charge is -1.87. The second-order valence-corrected chi connectivity index (χ2v) is 5.81. The molecule has 3 heterocycles. The van der Waals surface area contributed by atoms with E-state index in [0.29, 0.717) is 10.7 Å². The molecule has 0 unspecified atom stereocenters. The number of rotatable bonds is 2. The fourth-order valence-corrected chi connectivity index (χ4v) is 3.56. The van der Waals surface area contributed by atoms with Crippen LogP contribution >= 0.6 is 34.3 Å². The van der Waals surface area contributed by atoms with Gasteiger partial charge >= 0.3 is 5.00 Å². The van der Waals surface area contributed by atoms with Gasteiger partial charge in [-0.25, -0.2) is 9.97 Å². The highest BCUT2D eigenvalue weighted by atomic mass is 35.5. The van der Waals surface area contributed by atoms with E-state index in [9.17, 15) is 10.1 Å². The van der Waals surface area contributed by atoms with E-state index in [-0.39, 0.29) is 5.00 Å². The molecule has 0 aliphatic carbocycles. The van der Waals surface area contributed by atoms with Gasteiger partial charge in [-0.3, -0.25) is 10.1 Å². The molecule has 0 fully saturated rings. The molecule has 3 aromatic rings. The van der Waals surface area contributed by atoms with Gasteiger partial charge in [0.05, 0.1) is 14.5 Å². The van der Waals surface area contributed by atoms with Crippen LogP contribution in [0.5, 0.6) is 0 Å². The number of nitro groups is 1. The summed E-state index contributed by atoms with van der Waals surface area (Å²) in [7, 11) is 0. The zero-order valence-electron chi connectivity index (χ0n) is 8.66. The predicted molar refractivity (Wildman–Crippen MR) is 72.4 cm³/mol. The van der Waals surface area contributed by atoms with Crippen LogP contribution in [0.25, 0.3) is 20.1 Å². The Bertz CT molecular complexity index is 753. The molecule has 3 aromatic heterocycles. The number of hydrogen-bond donors (Lipinski definition) is 0. The molecule has 0 aliphatic rings. The lowest BCUT2D eigenvalue weighted by Crippen LogP contribution is -1.80. The Morgan fingerprint density at radius 2 is 2.11 bits per heavy atom. The fraction of sp³-hybridized carbons (Fsp3) is 0. The Morgan fingerprint density at radius 1 is 1.28 bits per heavy atom. The zero-order chi connectivity index (χ0) is 12.7. The van der Waals surface area contributed by atoms with Crippen molar-refractivity contribution in [3.8, 4) is 9.88 Å². The molecule has 0 aliphatic heterocycles. The van der Waals surface area contributed by atoms with Crippen LogP contribution in [0.3, 0.4) is 0 Å². The monoisotopic (exact) mass is 297 g/mol. The molecule has 0 atom stereocenters. The molecular weight excluding hydrogens is 294 g/mol. The number of fused-ring (bicyclic) bond motifs is 1. The SMILES string of the molecule is O=[N+]([O-])c1ccc(-c2nc3c(Cl)nccc3s2)s1. The third-order valence-electron chi connectivity index (χ3n) is 2.25. The summed E-state index contributed by atoms with van der Waals surface area (Å²) in [6, 6.07) is 5.00. The van der Waals surface area contributed by atoms with E-state index in [2.05, 4.69) is 9.97 Å². The quantitative estimate of drug-likeness (QED) is 0.407. The molecule has 18 heavy (non-hydrogen) atoms. The third kappa shape index (κ3) is 1.86. The Morgan fingerprint density at radius 3 is 2.78 bits per heavy atom. The largest absolute Gasteiger partial charge is 0.324 e. The average Bonchev–Trinajstić information content (AvgIpc) is 2.95. The van der Waals surface area contributed by atoms with Crippen LogP contribution in [0.1, 0.15) is 0 Å². The van der Waals surface area contributed by atoms with Crippen molar-refractivity contribution >= 4 is 49.5 Å². The minimum Gasteiger partial charge on any atom is -0.258 e. The Kier molecular flexibility index (Phi) is 2.73. The highest BCUT2D eigenvalue weighted by Crippen LogP contribution is 2.38. The van der Waals surface area contributed by atoms with E-state index >= 15 is 0 Å². The highest BCUT2D eigenvalue weighted by Gasteiger charge is 2.15. The first-order valence-electron chi connectivity index (χ1n) is 4.81. The van der Waals surface area contributed by atoms with Crippen LogP contribution in [-0.4, -0.2) is 14.9 Å². The average molecular weight is 298 g/mol. The molecule has 0 radical (unpaired) electrons. The lowest BCUT2D eigenvalue weighted by atomic mass is 10.4. The van der Waals surface area contributed by atoms with Gasteiger partial charge < -0.3 is 0 Å². The van der Waals surface area contributed by atoms with Crippen LogP contribution in [0.2, 0.25) is 5.15 Å². The summed E-state index contributed by atoms with van der Waals surface area (Å²) in [5.74, 6) is 0. The van der Waals surface area contributed by atoms with Crippen LogP contribution < -0.4 is 0 Å². The Labute approximate surface area is 114 Å². The molecule has 0 saturated carbocycles. The number of halogens is 1. The number of thiophene rings is 1. The van der Waals surface area contributed by atoms with Gasteiger partial charge in [0.2, 0.25) is 0 Å². The van der Waals surface area contributed by atoms with Crippen LogP contribution in [-0.2, 0) is 0 Å². The van der Waals surface area contributed by atoms with Crippen molar-refractivity contribution < 1.29 is 4.92 Å². The smallest absolute Gasteiger partial charge is 0.258 e. The first-order chi connectivity index (χ1) is 8.65.